The van der Waals surface area contributed by atoms with Gasteiger partial charge in [0.25, 0.3) is 0 Å². The molecular formula is C10H19F3N2O. The van der Waals surface area contributed by atoms with Crippen LogP contribution in [0.2, 0.25) is 0 Å². The molecule has 0 saturated carbocycles. The van der Waals surface area contributed by atoms with E-state index in [-0.39, 0.29) is 5.54 Å². The summed E-state index contributed by atoms with van der Waals surface area (Å²) in [6, 6.07) is 0. The van der Waals surface area contributed by atoms with Crippen molar-refractivity contribution in [2.24, 2.45) is 0 Å². The summed E-state index contributed by atoms with van der Waals surface area (Å²) < 4.78 is 40.7. The number of alkyl halides is 3. The number of rotatable bonds is 5. The van der Waals surface area contributed by atoms with Gasteiger partial charge >= 0.3 is 6.18 Å². The molecule has 1 heterocycles. The second kappa shape index (κ2) is 5.84. The molecule has 2 N–H and O–H groups in total. The van der Waals surface area contributed by atoms with Crippen molar-refractivity contribution < 1.29 is 17.9 Å². The fraction of sp³-hybridized carbons (Fsp3) is 1.00. The minimum Gasteiger partial charge on any atom is -0.381 e. The Labute approximate surface area is 93.7 Å². The Morgan fingerprint density at radius 1 is 1.19 bits per heavy atom. The minimum atomic E-state index is -4.12. The fourth-order valence-electron chi connectivity index (χ4n) is 1.68. The van der Waals surface area contributed by atoms with E-state index in [9.17, 15) is 13.2 Å². The van der Waals surface area contributed by atoms with Gasteiger partial charge in [-0.05, 0) is 19.8 Å². The molecule has 1 fully saturated rings. The summed E-state index contributed by atoms with van der Waals surface area (Å²) in [6.45, 7) is 3.48. The molecule has 0 aromatic carbocycles. The second-order valence-corrected chi connectivity index (χ2v) is 4.39. The molecule has 0 spiro atoms. The Hall–Kier alpha value is -0.330. The van der Waals surface area contributed by atoms with Crippen molar-refractivity contribution in [2.75, 3.05) is 32.8 Å². The largest absolute Gasteiger partial charge is 0.401 e. The summed E-state index contributed by atoms with van der Waals surface area (Å²) in [5.41, 5.74) is 0.0121. The third kappa shape index (κ3) is 5.67. The van der Waals surface area contributed by atoms with Crippen LogP contribution in [0.15, 0.2) is 0 Å². The molecule has 1 rings (SSSR count). The number of hydrogen-bond donors (Lipinski definition) is 2. The standard InChI is InChI=1S/C10H19F3N2O/c1-9(2-6-16-7-3-9)15-5-4-14-8-10(11,12)13/h14-15H,2-8H2,1H3. The van der Waals surface area contributed by atoms with Gasteiger partial charge in [-0.3, -0.25) is 0 Å². The van der Waals surface area contributed by atoms with Crippen LogP contribution in [0.4, 0.5) is 13.2 Å². The van der Waals surface area contributed by atoms with Gasteiger partial charge in [0.15, 0.2) is 0 Å². The predicted molar refractivity (Wildman–Crippen MR) is 55.4 cm³/mol. The molecule has 0 aromatic rings. The third-order valence-electron chi connectivity index (χ3n) is 2.78. The van der Waals surface area contributed by atoms with Crippen LogP contribution in [0.25, 0.3) is 0 Å². The quantitative estimate of drug-likeness (QED) is 0.711. The first-order valence-electron chi connectivity index (χ1n) is 5.52. The van der Waals surface area contributed by atoms with Crippen LogP contribution in [-0.2, 0) is 4.74 Å². The Morgan fingerprint density at radius 3 is 2.38 bits per heavy atom. The van der Waals surface area contributed by atoms with E-state index in [2.05, 4.69) is 17.6 Å². The molecule has 1 aliphatic rings. The fourth-order valence-corrected chi connectivity index (χ4v) is 1.68. The lowest BCUT2D eigenvalue weighted by Gasteiger charge is -2.34. The van der Waals surface area contributed by atoms with Gasteiger partial charge in [-0.25, -0.2) is 0 Å². The van der Waals surface area contributed by atoms with E-state index in [1.807, 2.05) is 0 Å². The van der Waals surface area contributed by atoms with E-state index in [4.69, 9.17) is 4.74 Å². The summed E-state index contributed by atoms with van der Waals surface area (Å²) >= 11 is 0. The Morgan fingerprint density at radius 2 is 1.81 bits per heavy atom. The van der Waals surface area contributed by atoms with Gasteiger partial charge in [-0.15, -0.1) is 0 Å². The molecule has 0 unspecified atom stereocenters. The van der Waals surface area contributed by atoms with Crippen LogP contribution in [0.3, 0.4) is 0 Å². The SMILES string of the molecule is CC1(NCCNCC(F)(F)F)CCOCC1. The number of hydrogen-bond acceptors (Lipinski definition) is 3. The molecule has 6 heteroatoms. The maximum Gasteiger partial charge on any atom is 0.401 e. The number of nitrogens with one attached hydrogen (secondary N) is 2. The van der Waals surface area contributed by atoms with Gasteiger partial charge in [0, 0.05) is 31.8 Å². The van der Waals surface area contributed by atoms with Crippen molar-refractivity contribution in [3.63, 3.8) is 0 Å². The van der Waals surface area contributed by atoms with Crippen LogP contribution in [0.1, 0.15) is 19.8 Å². The Balaban J connectivity index is 2.06. The van der Waals surface area contributed by atoms with Crippen molar-refractivity contribution in [3.05, 3.63) is 0 Å². The highest BCUT2D eigenvalue weighted by molar-refractivity contribution is 4.85. The zero-order valence-electron chi connectivity index (χ0n) is 9.49. The highest BCUT2D eigenvalue weighted by atomic mass is 19.4. The predicted octanol–water partition coefficient (Wildman–Crippen LogP) is 1.30. The van der Waals surface area contributed by atoms with E-state index < -0.39 is 12.7 Å². The highest BCUT2D eigenvalue weighted by Gasteiger charge is 2.27. The summed E-state index contributed by atoms with van der Waals surface area (Å²) in [7, 11) is 0. The molecule has 3 nitrogen and oxygen atoms in total. The van der Waals surface area contributed by atoms with E-state index in [0.29, 0.717) is 13.1 Å². The van der Waals surface area contributed by atoms with E-state index >= 15 is 0 Å². The van der Waals surface area contributed by atoms with Crippen molar-refractivity contribution >= 4 is 0 Å². The van der Waals surface area contributed by atoms with Crippen LogP contribution in [-0.4, -0.2) is 44.6 Å². The molecule has 0 amide bonds. The highest BCUT2D eigenvalue weighted by Crippen LogP contribution is 2.19. The third-order valence-corrected chi connectivity index (χ3v) is 2.78. The smallest absolute Gasteiger partial charge is 0.381 e. The van der Waals surface area contributed by atoms with Gasteiger partial charge < -0.3 is 15.4 Å². The average molecular weight is 240 g/mol. The molecule has 16 heavy (non-hydrogen) atoms. The minimum absolute atomic E-state index is 0.0121. The van der Waals surface area contributed by atoms with Gasteiger partial charge in [0.05, 0.1) is 6.54 Å². The topological polar surface area (TPSA) is 33.3 Å². The number of halogens is 3. The van der Waals surface area contributed by atoms with Crippen LogP contribution < -0.4 is 10.6 Å². The summed E-state index contributed by atoms with van der Waals surface area (Å²) in [4.78, 5) is 0. The van der Waals surface area contributed by atoms with Gasteiger partial charge in [-0.1, -0.05) is 0 Å². The summed E-state index contributed by atoms with van der Waals surface area (Å²) in [5.74, 6) is 0. The summed E-state index contributed by atoms with van der Waals surface area (Å²) in [6.07, 6.45) is -2.30. The normalized spacial score (nSPS) is 21.0. The maximum absolute atomic E-state index is 11.8. The molecule has 96 valence electrons. The van der Waals surface area contributed by atoms with Gasteiger partial charge in [0.2, 0.25) is 0 Å². The van der Waals surface area contributed by atoms with Crippen LogP contribution >= 0.6 is 0 Å². The first-order chi connectivity index (χ1) is 7.41. The van der Waals surface area contributed by atoms with Crippen LogP contribution in [0.5, 0.6) is 0 Å². The molecule has 0 atom stereocenters. The van der Waals surface area contributed by atoms with Crippen LogP contribution in [0, 0.1) is 0 Å². The Kier molecular flexibility index (Phi) is 5.01. The van der Waals surface area contributed by atoms with Crippen molar-refractivity contribution in [2.45, 2.75) is 31.5 Å². The number of ether oxygens (including phenoxy) is 1. The second-order valence-electron chi connectivity index (χ2n) is 4.39. The molecule has 0 radical (unpaired) electrons. The molecule has 0 bridgehead atoms. The van der Waals surface area contributed by atoms with E-state index in [1.54, 1.807) is 0 Å². The lowest BCUT2D eigenvalue weighted by atomic mass is 9.92. The zero-order chi connectivity index (χ0) is 12.1. The van der Waals surface area contributed by atoms with Gasteiger partial charge in [-0.2, -0.15) is 13.2 Å². The monoisotopic (exact) mass is 240 g/mol. The first-order valence-corrected chi connectivity index (χ1v) is 5.52. The molecule has 0 aliphatic carbocycles. The van der Waals surface area contributed by atoms with Crippen molar-refractivity contribution in [1.82, 2.24) is 10.6 Å². The Bertz CT molecular complexity index is 203. The first kappa shape index (κ1) is 13.7. The van der Waals surface area contributed by atoms with E-state index in [1.165, 1.54) is 0 Å². The summed E-state index contributed by atoms with van der Waals surface area (Å²) in [5, 5.41) is 5.64. The molecule has 1 aliphatic heterocycles. The van der Waals surface area contributed by atoms with E-state index in [0.717, 1.165) is 26.1 Å². The van der Waals surface area contributed by atoms with Crippen molar-refractivity contribution in [1.29, 1.82) is 0 Å². The molecular weight excluding hydrogens is 221 g/mol. The average Bonchev–Trinajstić information content (AvgIpc) is 2.16. The molecule has 1 saturated heterocycles. The van der Waals surface area contributed by atoms with Crippen molar-refractivity contribution in [3.8, 4) is 0 Å². The lowest BCUT2D eigenvalue weighted by molar-refractivity contribution is -0.124. The zero-order valence-corrected chi connectivity index (χ0v) is 9.49. The molecule has 0 aromatic heterocycles. The van der Waals surface area contributed by atoms with Gasteiger partial charge in [0.1, 0.15) is 0 Å². The lowest BCUT2D eigenvalue weighted by Crippen LogP contribution is -2.49. The maximum atomic E-state index is 11.8.